The topological polar surface area (TPSA) is 178 Å². The van der Waals surface area contributed by atoms with Gasteiger partial charge in [-0.15, -0.1) is 0 Å². The molecule has 0 unspecified atom stereocenters. The van der Waals surface area contributed by atoms with Gasteiger partial charge in [0, 0.05) is 31.8 Å². The van der Waals surface area contributed by atoms with Crippen LogP contribution in [0.5, 0.6) is 5.75 Å². The summed E-state index contributed by atoms with van der Waals surface area (Å²) in [6, 6.07) is 3.36. The Bertz CT molecular complexity index is 892. The lowest BCUT2D eigenvalue weighted by Crippen LogP contribution is -2.37. The zero-order chi connectivity index (χ0) is 32.6. The van der Waals surface area contributed by atoms with Crippen LogP contribution in [0.25, 0.3) is 0 Å². The van der Waals surface area contributed by atoms with Crippen molar-refractivity contribution < 1.29 is 52.3 Å². The van der Waals surface area contributed by atoms with Gasteiger partial charge in [-0.2, -0.15) is 0 Å². The van der Waals surface area contributed by atoms with Crippen molar-refractivity contribution >= 4 is 23.9 Å². The summed E-state index contributed by atoms with van der Waals surface area (Å²) in [7, 11) is 0. The van der Waals surface area contributed by atoms with E-state index in [1.807, 2.05) is 0 Å². The predicted octanol–water partition coefficient (Wildman–Crippen LogP) is 0.309. The Hall–Kier alpha value is -3.37. The molecule has 1 heterocycles. The molecule has 2 N–H and O–H groups in total. The van der Waals surface area contributed by atoms with Crippen LogP contribution in [0.3, 0.4) is 0 Å². The van der Waals surface area contributed by atoms with Crippen LogP contribution in [-0.2, 0) is 60.7 Å². The van der Waals surface area contributed by atoms with Gasteiger partial charge >= 0.3 is 23.9 Å². The van der Waals surface area contributed by atoms with E-state index >= 15 is 0 Å². The number of carbonyl (C=O) groups is 4. The van der Waals surface area contributed by atoms with Crippen LogP contribution in [0, 0.1) is 0 Å². The zero-order valence-corrected chi connectivity index (χ0v) is 26.4. The number of rotatable bonds is 25. The molecule has 1 aromatic rings. The molecule has 0 amide bonds. The highest BCUT2D eigenvalue weighted by atomic mass is 16.6. The van der Waals surface area contributed by atoms with E-state index in [1.54, 1.807) is 49.6 Å². The highest BCUT2D eigenvalue weighted by Gasteiger charge is 2.21. The molecule has 0 aliphatic heterocycles. The summed E-state index contributed by atoms with van der Waals surface area (Å²) in [4.78, 5) is 56.9. The van der Waals surface area contributed by atoms with Gasteiger partial charge in [0.1, 0.15) is 12.4 Å². The van der Waals surface area contributed by atoms with Gasteiger partial charge in [0.05, 0.1) is 90.4 Å². The van der Waals surface area contributed by atoms with Crippen LogP contribution < -0.4 is 10.5 Å². The van der Waals surface area contributed by atoms with E-state index in [4.69, 9.17) is 38.9 Å². The fourth-order valence-electron chi connectivity index (χ4n) is 3.84. The fourth-order valence-corrected chi connectivity index (χ4v) is 3.84. The SMILES string of the molecule is CCOC(=O)CN(CC(=O)OCC)Cc1cc(OCCOCCOCCN)cc(CN(CC(=O)OCC)CC(=O)OCC)n1. The van der Waals surface area contributed by atoms with E-state index in [0.717, 1.165) is 0 Å². The third-order valence-electron chi connectivity index (χ3n) is 5.44. The molecule has 0 aromatic carbocycles. The summed E-state index contributed by atoms with van der Waals surface area (Å²) >= 11 is 0. The molecule has 1 aromatic heterocycles. The standard InChI is InChI=1S/C29H48N4O11/c1-5-40-26(34)19-32(20-27(35)41-6-2)17-23-15-25(44-14-13-39-12-11-38-10-9-30)16-24(31-23)18-33(21-28(36)42-7-3)22-29(37)43-8-4/h15-16H,5-14,17-22,30H2,1-4H3. The third kappa shape index (κ3) is 18.3. The number of aromatic nitrogens is 1. The molecule has 0 atom stereocenters. The first-order valence-corrected chi connectivity index (χ1v) is 14.8. The molecule has 0 bridgehead atoms. The van der Waals surface area contributed by atoms with Crippen molar-refractivity contribution in [3.8, 4) is 5.75 Å². The lowest BCUT2D eigenvalue weighted by atomic mass is 10.2. The summed E-state index contributed by atoms with van der Waals surface area (Å²) in [6.07, 6.45) is 0. The molecule has 15 heteroatoms. The summed E-state index contributed by atoms with van der Waals surface area (Å²) < 4.78 is 37.0. The van der Waals surface area contributed by atoms with Crippen molar-refractivity contribution in [2.45, 2.75) is 40.8 Å². The molecule has 0 aliphatic carbocycles. The second kappa shape index (κ2) is 24.0. The van der Waals surface area contributed by atoms with E-state index < -0.39 is 23.9 Å². The fraction of sp³-hybridized carbons (Fsp3) is 0.690. The lowest BCUT2D eigenvalue weighted by molar-refractivity contribution is -0.150. The normalized spacial score (nSPS) is 11.0. The Kier molecular flexibility index (Phi) is 21.1. The highest BCUT2D eigenvalue weighted by Crippen LogP contribution is 2.18. The molecular weight excluding hydrogens is 580 g/mol. The predicted molar refractivity (Wildman–Crippen MR) is 158 cm³/mol. The largest absolute Gasteiger partial charge is 0.491 e. The van der Waals surface area contributed by atoms with Gasteiger partial charge in [-0.25, -0.2) is 0 Å². The van der Waals surface area contributed by atoms with Crippen molar-refractivity contribution in [2.75, 3.05) is 92.2 Å². The monoisotopic (exact) mass is 628 g/mol. The maximum Gasteiger partial charge on any atom is 0.320 e. The van der Waals surface area contributed by atoms with Gasteiger partial charge in [-0.05, 0) is 27.7 Å². The molecular formula is C29H48N4O11. The first-order chi connectivity index (χ1) is 21.2. The van der Waals surface area contributed by atoms with Crippen LogP contribution in [0.1, 0.15) is 39.1 Å². The Balaban J connectivity index is 3.21. The van der Waals surface area contributed by atoms with Crippen molar-refractivity contribution in [3.63, 3.8) is 0 Å². The minimum absolute atomic E-state index is 0.0760. The summed E-state index contributed by atoms with van der Waals surface area (Å²) in [5.41, 5.74) is 6.33. The molecule has 250 valence electrons. The maximum absolute atomic E-state index is 12.3. The maximum atomic E-state index is 12.3. The van der Waals surface area contributed by atoms with Gasteiger partial charge in [0.25, 0.3) is 0 Å². The number of carbonyl (C=O) groups excluding carboxylic acids is 4. The number of esters is 4. The lowest BCUT2D eigenvalue weighted by Gasteiger charge is -2.22. The summed E-state index contributed by atoms with van der Waals surface area (Å²) in [6.45, 7) is 9.16. The summed E-state index contributed by atoms with van der Waals surface area (Å²) in [5.74, 6) is -1.59. The molecule has 0 spiro atoms. The molecule has 0 aliphatic rings. The summed E-state index contributed by atoms with van der Waals surface area (Å²) in [5, 5.41) is 0. The number of ether oxygens (including phenoxy) is 7. The van der Waals surface area contributed by atoms with Crippen LogP contribution in [-0.4, -0.2) is 131 Å². The van der Waals surface area contributed by atoms with Crippen LogP contribution in [0.4, 0.5) is 0 Å². The molecule has 44 heavy (non-hydrogen) atoms. The number of nitrogens with zero attached hydrogens (tertiary/aromatic N) is 3. The van der Waals surface area contributed by atoms with Gasteiger partial charge in [0.2, 0.25) is 0 Å². The van der Waals surface area contributed by atoms with E-state index in [2.05, 4.69) is 4.98 Å². The Labute approximate surface area is 259 Å². The number of hydrogen-bond acceptors (Lipinski definition) is 15. The first kappa shape index (κ1) is 38.7. The molecule has 1 rings (SSSR count). The molecule has 0 fully saturated rings. The van der Waals surface area contributed by atoms with E-state index in [1.165, 1.54) is 0 Å². The van der Waals surface area contributed by atoms with Crippen molar-refractivity contribution in [1.29, 1.82) is 0 Å². The minimum atomic E-state index is -0.507. The van der Waals surface area contributed by atoms with Crippen molar-refractivity contribution in [3.05, 3.63) is 23.5 Å². The average Bonchev–Trinajstić information content (AvgIpc) is 2.94. The Morgan fingerprint density at radius 1 is 0.614 bits per heavy atom. The van der Waals surface area contributed by atoms with Crippen LogP contribution >= 0.6 is 0 Å². The van der Waals surface area contributed by atoms with Crippen LogP contribution in [0.15, 0.2) is 12.1 Å². The smallest absolute Gasteiger partial charge is 0.320 e. The van der Waals surface area contributed by atoms with Gasteiger partial charge in [-0.3, -0.25) is 34.0 Å². The Morgan fingerprint density at radius 3 is 1.34 bits per heavy atom. The molecule has 15 nitrogen and oxygen atoms in total. The van der Waals surface area contributed by atoms with E-state index in [0.29, 0.717) is 43.5 Å². The number of nitrogens with two attached hydrogens (primary N) is 1. The molecule has 0 saturated heterocycles. The highest BCUT2D eigenvalue weighted by molar-refractivity contribution is 5.75. The van der Waals surface area contributed by atoms with Gasteiger partial charge in [0.15, 0.2) is 0 Å². The van der Waals surface area contributed by atoms with Gasteiger partial charge in [-0.1, -0.05) is 0 Å². The minimum Gasteiger partial charge on any atom is -0.491 e. The zero-order valence-electron chi connectivity index (χ0n) is 26.4. The quantitative estimate of drug-likeness (QED) is 0.0888. The van der Waals surface area contributed by atoms with Crippen molar-refractivity contribution in [2.24, 2.45) is 5.73 Å². The van der Waals surface area contributed by atoms with E-state index in [-0.39, 0.29) is 78.9 Å². The van der Waals surface area contributed by atoms with Crippen LogP contribution in [0.2, 0.25) is 0 Å². The second-order valence-corrected chi connectivity index (χ2v) is 9.16. The average molecular weight is 629 g/mol. The third-order valence-corrected chi connectivity index (χ3v) is 5.44. The Morgan fingerprint density at radius 2 is 0.977 bits per heavy atom. The first-order valence-electron chi connectivity index (χ1n) is 14.8. The second-order valence-electron chi connectivity index (χ2n) is 9.16. The number of hydrogen-bond donors (Lipinski definition) is 1. The van der Waals surface area contributed by atoms with Crippen molar-refractivity contribution in [1.82, 2.24) is 14.8 Å². The number of pyridine rings is 1. The van der Waals surface area contributed by atoms with Gasteiger partial charge < -0.3 is 38.9 Å². The van der Waals surface area contributed by atoms with E-state index in [9.17, 15) is 19.2 Å². The molecule has 0 radical (unpaired) electrons. The molecule has 0 saturated carbocycles.